The number of nitrogens with zero attached hydrogens (tertiary/aromatic N) is 4. The molecule has 0 bridgehead atoms. The Balaban J connectivity index is 1.80. The van der Waals surface area contributed by atoms with E-state index < -0.39 is 36.9 Å². The highest BCUT2D eigenvalue weighted by molar-refractivity contribution is 5.91. The van der Waals surface area contributed by atoms with Gasteiger partial charge in [-0.15, -0.1) is 5.10 Å². The van der Waals surface area contributed by atoms with Crippen molar-refractivity contribution in [2.75, 3.05) is 13.1 Å². The Bertz CT molecular complexity index is 557. The van der Waals surface area contributed by atoms with Gasteiger partial charge in [0.05, 0.1) is 13.1 Å². The lowest BCUT2D eigenvalue weighted by Crippen LogP contribution is -2.58. The topological polar surface area (TPSA) is 51.0 Å². The molecule has 0 aromatic carbocycles. The predicted molar refractivity (Wildman–Crippen MR) is 58.9 cm³/mol. The molecule has 1 atom stereocenters. The molecule has 9 heteroatoms. The number of aryl methyl sites for hydroxylation is 1. The smallest absolute Gasteiger partial charge is 0.293 e. The summed E-state index contributed by atoms with van der Waals surface area (Å²) in [5.41, 5.74) is 0. The number of hydrogen-bond donors (Lipinski definition) is 0. The first-order valence-electron chi connectivity index (χ1n) is 6.18. The summed E-state index contributed by atoms with van der Waals surface area (Å²) in [4.78, 5) is 16.6. The first-order valence-corrected chi connectivity index (χ1v) is 6.18. The van der Waals surface area contributed by atoms with Crippen molar-refractivity contribution in [1.82, 2.24) is 19.7 Å². The summed E-state index contributed by atoms with van der Waals surface area (Å²) in [5.74, 6) is -6.58. The van der Waals surface area contributed by atoms with Gasteiger partial charge in [-0.2, -0.15) is 0 Å². The van der Waals surface area contributed by atoms with Gasteiger partial charge in [0, 0.05) is 13.3 Å². The van der Waals surface area contributed by atoms with Gasteiger partial charge >= 0.3 is 0 Å². The van der Waals surface area contributed by atoms with Crippen molar-refractivity contribution >= 4 is 5.91 Å². The normalized spacial score (nSPS) is 24.4. The molecular weight excluding hydrogens is 280 g/mol. The van der Waals surface area contributed by atoms with Crippen LogP contribution >= 0.6 is 0 Å². The number of aromatic nitrogens is 3. The summed E-state index contributed by atoms with van der Waals surface area (Å²) in [5, 5.41) is 3.78. The Kier molecular flexibility index (Phi) is 2.61. The molecule has 0 spiro atoms. The molecule has 0 saturated carbocycles. The fraction of sp³-hybridized carbons (Fsp3) is 0.727. The third-order valence-electron chi connectivity index (χ3n) is 3.55. The average Bonchev–Trinajstić information content (AvgIpc) is 2.81. The highest BCUT2D eigenvalue weighted by Gasteiger charge is 2.48. The number of likely N-dealkylation sites (tertiary alicyclic amines) is 1. The molecule has 3 rings (SSSR count). The fourth-order valence-electron chi connectivity index (χ4n) is 2.52. The number of rotatable bonds is 2. The molecule has 1 aromatic rings. The SMILES string of the molecule is CC(F)(F)C1CCc2nc(C(=O)N3CC(F)(F)C3)nn21. The molecule has 1 amide bonds. The van der Waals surface area contributed by atoms with Gasteiger partial charge in [-0.05, 0) is 6.42 Å². The molecule has 1 saturated heterocycles. The minimum absolute atomic E-state index is 0.203. The third-order valence-corrected chi connectivity index (χ3v) is 3.55. The molecule has 20 heavy (non-hydrogen) atoms. The third kappa shape index (κ3) is 2.04. The highest BCUT2D eigenvalue weighted by atomic mass is 19.3. The predicted octanol–water partition coefficient (Wildman–Crippen LogP) is 1.51. The zero-order chi connectivity index (χ0) is 14.7. The van der Waals surface area contributed by atoms with E-state index in [0.29, 0.717) is 12.2 Å². The largest absolute Gasteiger partial charge is 0.324 e. The molecule has 0 aliphatic carbocycles. The van der Waals surface area contributed by atoms with Gasteiger partial charge in [0.15, 0.2) is 0 Å². The van der Waals surface area contributed by atoms with Crippen molar-refractivity contribution in [2.45, 2.75) is 37.7 Å². The summed E-state index contributed by atoms with van der Waals surface area (Å²) in [6.07, 6.45) is 0.500. The van der Waals surface area contributed by atoms with Crippen LogP contribution < -0.4 is 0 Å². The van der Waals surface area contributed by atoms with Gasteiger partial charge in [0.1, 0.15) is 11.9 Å². The van der Waals surface area contributed by atoms with Crippen molar-refractivity contribution in [1.29, 1.82) is 0 Å². The lowest BCUT2D eigenvalue weighted by Gasteiger charge is -2.37. The van der Waals surface area contributed by atoms with E-state index in [2.05, 4.69) is 10.1 Å². The first kappa shape index (κ1) is 13.3. The maximum atomic E-state index is 13.4. The minimum Gasteiger partial charge on any atom is -0.324 e. The molecule has 110 valence electrons. The van der Waals surface area contributed by atoms with Gasteiger partial charge in [0.2, 0.25) is 5.82 Å². The van der Waals surface area contributed by atoms with Crippen LogP contribution in [0.4, 0.5) is 17.6 Å². The van der Waals surface area contributed by atoms with Crippen LogP contribution in [0.15, 0.2) is 0 Å². The van der Waals surface area contributed by atoms with Crippen molar-refractivity contribution in [3.63, 3.8) is 0 Å². The number of amides is 1. The zero-order valence-electron chi connectivity index (χ0n) is 10.6. The number of carbonyl (C=O) groups is 1. The lowest BCUT2D eigenvalue weighted by atomic mass is 10.1. The minimum atomic E-state index is -2.97. The molecule has 0 N–H and O–H groups in total. The van der Waals surface area contributed by atoms with Gasteiger partial charge < -0.3 is 4.90 Å². The summed E-state index contributed by atoms with van der Waals surface area (Å²) in [7, 11) is 0. The zero-order valence-corrected chi connectivity index (χ0v) is 10.6. The van der Waals surface area contributed by atoms with E-state index >= 15 is 0 Å². The van der Waals surface area contributed by atoms with Crippen LogP contribution in [0.3, 0.4) is 0 Å². The van der Waals surface area contributed by atoms with Crippen LogP contribution in [-0.2, 0) is 6.42 Å². The van der Waals surface area contributed by atoms with Gasteiger partial charge in [0.25, 0.3) is 17.8 Å². The molecule has 1 aromatic heterocycles. The second-order valence-electron chi connectivity index (χ2n) is 5.32. The van der Waals surface area contributed by atoms with E-state index in [1.807, 2.05) is 0 Å². The summed E-state index contributed by atoms with van der Waals surface area (Å²) < 4.78 is 53.2. The standard InChI is InChI=1S/C11H12F4N4O/c1-10(12,13)6-2-3-7-16-8(17-19(6)7)9(20)18-4-11(14,15)5-18/h6H,2-5H2,1H3. The molecule has 2 aliphatic heterocycles. The molecule has 3 heterocycles. The number of fused-ring (bicyclic) bond motifs is 1. The van der Waals surface area contributed by atoms with E-state index in [9.17, 15) is 22.4 Å². The van der Waals surface area contributed by atoms with Crippen LogP contribution in [0.2, 0.25) is 0 Å². The van der Waals surface area contributed by atoms with Crippen LogP contribution in [-0.4, -0.2) is 50.5 Å². The second kappa shape index (κ2) is 3.92. The Hall–Kier alpha value is -1.67. The van der Waals surface area contributed by atoms with Gasteiger partial charge in [-0.25, -0.2) is 27.2 Å². The van der Waals surface area contributed by atoms with Crippen LogP contribution in [0, 0.1) is 0 Å². The van der Waals surface area contributed by atoms with Gasteiger partial charge in [-0.1, -0.05) is 0 Å². The van der Waals surface area contributed by atoms with Crippen molar-refractivity contribution < 1.29 is 22.4 Å². The molecule has 0 radical (unpaired) electrons. The van der Waals surface area contributed by atoms with E-state index in [4.69, 9.17) is 0 Å². The number of carbonyl (C=O) groups excluding carboxylic acids is 1. The Morgan fingerprint density at radius 3 is 2.60 bits per heavy atom. The summed E-state index contributed by atoms with van der Waals surface area (Å²) in [6, 6.07) is -1.13. The molecular formula is C11H12F4N4O. The van der Waals surface area contributed by atoms with Crippen LogP contribution in [0.25, 0.3) is 0 Å². The Labute approximate surface area is 111 Å². The first-order chi connectivity index (χ1) is 9.17. The van der Waals surface area contributed by atoms with E-state index in [-0.39, 0.29) is 12.2 Å². The molecule has 1 unspecified atom stereocenters. The van der Waals surface area contributed by atoms with Gasteiger partial charge in [-0.3, -0.25) is 4.79 Å². The maximum Gasteiger partial charge on any atom is 0.293 e. The molecule has 1 fully saturated rings. The maximum absolute atomic E-state index is 13.4. The second-order valence-corrected chi connectivity index (χ2v) is 5.32. The Morgan fingerprint density at radius 2 is 2.05 bits per heavy atom. The molecule has 5 nitrogen and oxygen atoms in total. The van der Waals surface area contributed by atoms with Crippen molar-refractivity contribution in [2.24, 2.45) is 0 Å². The van der Waals surface area contributed by atoms with Crippen molar-refractivity contribution in [3.05, 3.63) is 11.6 Å². The Morgan fingerprint density at radius 1 is 1.40 bits per heavy atom. The number of halogens is 4. The summed E-state index contributed by atoms with van der Waals surface area (Å²) in [6.45, 7) is -0.571. The summed E-state index contributed by atoms with van der Waals surface area (Å²) >= 11 is 0. The molecule has 2 aliphatic rings. The fourth-order valence-corrected chi connectivity index (χ4v) is 2.52. The van der Waals surface area contributed by atoms with Crippen LogP contribution in [0.5, 0.6) is 0 Å². The monoisotopic (exact) mass is 292 g/mol. The van der Waals surface area contributed by atoms with Crippen LogP contribution in [0.1, 0.15) is 35.8 Å². The number of alkyl halides is 4. The van der Waals surface area contributed by atoms with E-state index in [1.54, 1.807) is 0 Å². The number of hydrogen-bond acceptors (Lipinski definition) is 3. The lowest BCUT2D eigenvalue weighted by molar-refractivity contribution is -0.113. The average molecular weight is 292 g/mol. The highest BCUT2D eigenvalue weighted by Crippen LogP contribution is 2.37. The van der Waals surface area contributed by atoms with E-state index in [1.165, 1.54) is 0 Å². The quantitative estimate of drug-likeness (QED) is 0.776. The van der Waals surface area contributed by atoms with E-state index in [0.717, 1.165) is 16.5 Å². The van der Waals surface area contributed by atoms with Crippen molar-refractivity contribution in [3.8, 4) is 0 Å².